The molecule has 2 heteroatoms. The van der Waals surface area contributed by atoms with E-state index in [9.17, 15) is 0 Å². The molecule has 0 aromatic carbocycles. The minimum atomic E-state index is 0.796. The summed E-state index contributed by atoms with van der Waals surface area (Å²) in [5.41, 5.74) is 7.41. The Kier molecular flexibility index (Phi) is 4.21. The third-order valence-electron chi connectivity index (χ3n) is 1.50. The molecule has 0 rings (SSSR count). The molecule has 58 valence electrons. The highest BCUT2D eigenvalue weighted by atomic mass is 35.5. The van der Waals surface area contributed by atoms with Crippen LogP contribution < -0.4 is 5.73 Å². The summed E-state index contributed by atoms with van der Waals surface area (Å²) < 4.78 is 0. The van der Waals surface area contributed by atoms with Crippen molar-refractivity contribution in [3.8, 4) is 0 Å². The fraction of sp³-hybridized carbons (Fsp3) is 0.500. The molecule has 0 fully saturated rings. The lowest BCUT2D eigenvalue weighted by Crippen LogP contribution is -1.87. The zero-order chi connectivity index (χ0) is 8.15. The maximum absolute atomic E-state index is 5.91. The Labute approximate surface area is 67.6 Å². The first kappa shape index (κ1) is 9.57. The molecule has 0 unspecified atom stereocenters. The topological polar surface area (TPSA) is 26.0 Å². The van der Waals surface area contributed by atoms with E-state index in [1.807, 2.05) is 13.8 Å². The maximum atomic E-state index is 5.91. The number of allylic oxidation sites excluding steroid dienone is 3. The second kappa shape index (κ2) is 4.40. The summed E-state index contributed by atoms with van der Waals surface area (Å²) >= 11 is 5.91. The third-order valence-corrected chi connectivity index (χ3v) is 2.12. The summed E-state index contributed by atoms with van der Waals surface area (Å²) in [4.78, 5) is 0. The number of rotatable bonds is 2. The predicted molar refractivity (Wildman–Crippen MR) is 46.8 cm³/mol. The summed E-state index contributed by atoms with van der Waals surface area (Å²) in [6, 6.07) is 0. The number of halogens is 1. The molecule has 0 radical (unpaired) electrons. The normalized spacial score (nSPS) is 15.0. The summed E-state index contributed by atoms with van der Waals surface area (Å²) in [5.74, 6) is 0. The van der Waals surface area contributed by atoms with Gasteiger partial charge in [-0.1, -0.05) is 24.1 Å². The predicted octanol–water partition coefficient (Wildman–Crippen LogP) is 2.77. The Hall–Kier alpha value is -0.430. The molecule has 1 nitrogen and oxygen atoms in total. The van der Waals surface area contributed by atoms with E-state index in [2.05, 4.69) is 6.92 Å². The highest BCUT2D eigenvalue weighted by molar-refractivity contribution is 6.32. The molecule has 2 N–H and O–H groups in total. The first-order valence-corrected chi connectivity index (χ1v) is 3.75. The summed E-state index contributed by atoms with van der Waals surface area (Å²) in [6.07, 6.45) is 2.51. The fourth-order valence-electron chi connectivity index (χ4n) is 0.565. The van der Waals surface area contributed by atoms with Crippen molar-refractivity contribution in [3.05, 3.63) is 22.4 Å². The second-order valence-electron chi connectivity index (χ2n) is 2.30. The zero-order valence-electron chi connectivity index (χ0n) is 6.74. The zero-order valence-corrected chi connectivity index (χ0v) is 7.50. The molecule has 0 atom stereocenters. The third kappa shape index (κ3) is 2.44. The number of nitrogens with two attached hydrogens (primary N) is 1. The molecule has 0 aliphatic heterocycles. The van der Waals surface area contributed by atoms with Crippen molar-refractivity contribution in [1.82, 2.24) is 0 Å². The van der Waals surface area contributed by atoms with Crippen LogP contribution in [0.4, 0.5) is 0 Å². The van der Waals surface area contributed by atoms with Crippen LogP contribution in [-0.2, 0) is 0 Å². The van der Waals surface area contributed by atoms with Crippen molar-refractivity contribution in [1.29, 1.82) is 0 Å². The van der Waals surface area contributed by atoms with E-state index in [-0.39, 0.29) is 0 Å². The standard InChI is InChI=1S/C8H14ClN/c1-4-6(2)8(9)7(3)5-10/h5H,4,10H2,1-3H3/b7-5-,8-6-. The monoisotopic (exact) mass is 159 g/mol. The van der Waals surface area contributed by atoms with Gasteiger partial charge in [0.25, 0.3) is 0 Å². The van der Waals surface area contributed by atoms with E-state index in [0.29, 0.717) is 0 Å². The second-order valence-corrected chi connectivity index (χ2v) is 2.68. The molecule has 0 bridgehead atoms. The molecule has 0 saturated heterocycles. The number of hydrogen-bond donors (Lipinski definition) is 1. The van der Waals surface area contributed by atoms with Crippen LogP contribution in [0.15, 0.2) is 22.4 Å². The quantitative estimate of drug-likeness (QED) is 0.617. The average molecular weight is 160 g/mol. The summed E-state index contributed by atoms with van der Waals surface area (Å²) in [7, 11) is 0. The van der Waals surface area contributed by atoms with Crippen LogP contribution in [0.1, 0.15) is 27.2 Å². The van der Waals surface area contributed by atoms with Crippen molar-refractivity contribution < 1.29 is 0 Å². The minimum absolute atomic E-state index is 0.796. The molecule has 0 aromatic heterocycles. The maximum Gasteiger partial charge on any atom is 0.0438 e. The lowest BCUT2D eigenvalue weighted by atomic mass is 10.1. The van der Waals surface area contributed by atoms with E-state index in [1.165, 1.54) is 11.8 Å². The molecule has 0 aliphatic carbocycles. The van der Waals surface area contributed by atoms with Gasteiger partial charge in [-0.3, -0.25) is 0 Å². The first-order chi connectivity index (χ1) is 4.63. The Balaban J connectivity index is 4.46. The molecule has 0 aliphatic rings. The van der Waals surface area contributed by atoms with Gasteiger partial charge in [-0.2, -0.15) is 0 Å². The molecule has 0 spiro atoms. The van der Waals surface area contributed by atoms with Gasteiger partial charge in [-0.05, 0) is 32.0 Å². The van der Waals surface area contributed by atoms with Crippen molar-refractivity contribution in [3.63, 3.8) is 0 Å². The van der Waals surface area contributed by atoms with Crippen molar-refractivity contribution in [2.24, 2.45) is 5.73 Å². The van der Waals surface area contributed by atoms with E-state index in [4.69, 9.17) is 17.3 Å². The molecular weight excluding hydrogens is 146 g/mol. The Morgan fingerprint density at radius 1 is 1.50 bits per heavy atom. The van der Waals surface area contributed by atoms with Gasteiger partial charge in [-0.15, -0.1) is 0 Å². The minimum Gasteiger partial charge on any atom is -0.404 e. The van der Waals surface area contributed by atoms with E-state index >= 15 is 0 Å². The van der Waals surface area contributed by atoms with E-state index in [1.54, 1.807) is 0 Å². The highest BCUT2D eigenvalue weighted by Gasteiger charge is 1.97. The molecular formula is C8H14ClN. The lowest BCUT2D eigenvalue weighted by molar-refractivity contribution is 1.08. The Bertz CT molecular complexity index is 168. The summed E-state index contributed by atoms with van der Waals surface area (Å²) in [6.45, 7) is 5.98. The van der Waals surface area contributed by atoms with E-state index in [0.717, 1.165) is 17.0 Å². The van der Waals surface area contributed by atoms with Crippen LogP contribution in [-0.4, -0.2) is 0 Å². The Morgan fingerprint density at radius 2 is 2.00 bits per heavy atom. The van der Waals surface area contributed by atoms with Gasteiger partial charge in [0, 0.05) is 5.03 Å². The van der Waals surface area contributed by atoms with Gasteiger partial charge in [-0.25, -0.2) is 0 Å². The largest absolute Gasteiger partial charge is 0.404 e. The van der Waals surface area contributed by atoms with Gasteiger partial charge in [0.15, 0.2) is 0 Å². The van der Waals surface area contributed by atoms with Crippen LogP contribution in [0.5, 0.6) is 0 Å². The highest BCUT2D eigenvalue weighted by Crippen LogP contribution is 2.19. The van der Waals surface area contributed by atoms with Gasteiger partial charge >= 0.3 is 0 Å². The van der Waals surface area contributed by atoms with Gasteiger partial charge in [0.05, 0.1) is 0 Å². The van der Waals surface area contributed by atoms with Crippen LogP contribution in [0.2, 0.25) is 0 Å². The summed E-state index contributed by atoms with van der Waals surface area (Å²) in [5, 5.41) is 0.796. The van der Waals surface area contributed by atoms with Crippen molar-refractivity contribution in [2.75, 3.05) is 0 Å². The van der Waals surface area contributed by atoms with Crippen molar-refractivity contribution >= 4 is 11.6 Å². The molecule has 0 saturated carbocycles. The smallest absolute Gasteiger partial charge is 0.0438 e. The van der Waals surface area contributed by atoms with Crippen LogP contribution in [0.25, 0.3) is 0 Å². The van der Waals surface area contributed by atoms with Gasteiger partial charge in [0.1, 0.15) is 0 Å². The van der Waals surface area contributed by atoms with Gasteiger partial charge in [0.2, 0.25) is 0 Å². The lowest BCUT2D eigenvalue weighted by Gasteiger charge is -2.01. The molecule has 10 heavy (non-hydrogen) atoms. The van der Waals surface area contributed by atoms with Crippen LogP contribution in [0.3, 0.4) is 0 Å². The van der Waals surface area contributed by atoms with E-state index < -0.39 is 0 Å². The molecule has 0 aromatic rings. The number of hydrogen-bond acceptors (Lipinski definition) is 1. The van der Waals surface area contributed by atoms with Crippen LogP contribution in [0, 0.1) is 0 Å². The van der Waals surface area contributed by atoms with Gasteiger partial charge < -0.3 is 5.73 Å². The Morgan fingerprint density at radius 3 is 2.30 bits per heavy atom. The fourth-order valence-corrected chi connectivity index (χ4v) is 0.762. The molecule has 0 amide bonds. The average Bonchev–Trinajstić information content (AvgIpc) is 2.00. The van der Waals surface area contributed by atoms with Crippen molar-refractivity contribution in [2.45, 2.75) is 27.2 Å². The molecule has 0 heterocycles. The first-order valence-electron chi connectivity index (χ1n) is 3.37. The SMILES string of the molecule is CC/C(C)=C(Cl)/C(C)=C\N. The van der Waals surface area contributed by atoms with Crippen LogP contribution >= 0.6 is 11.6 Å².